The monoisotopic (exact) mass is 379 g/mol. The summed E-state index contributed by atoms with van der Waals surface area (Å²) in [5.41, 5.74) is 2.31. The second-order valence-electron chi connectivity index (χ2n) is 4.91. The zero-order chi connectivity index (χ0) is 18.1. The van der Waals surface area contributed by atoms with E-state index in [0.29, 0.717) is 5.56 Å². The van der Waals surface area contributed by atoms with Gasteiger partial charge in [-0.2, -0.15) is 13.2 Å². The van der Waals surface area contributed by atoms with Crippen LogP contribution in [0.2, 0.25) is 10.0 Å². The van der Waals surface area contributed by atoms with Gasteiger partial charge >= 0.3 is 6.18 Å². The molecule has 0 atom stereocenters. The third kappa shape index (κ3) is 4.27. The molecule has 2 aromatic rings. The van der Waals surface area contributed by atoms with Gasteiger partial charge < -0.3 is 10.7 Å². The lowest BCUT2D eigenvalue weighted by Gasteiger charge is -2.13. The van der Waals surface area contributed by atoms with Crippen LogP contribution in [0.4, 0.5) is 13.2 Å². The highest BCUT2D eigenvalue weighted by molar-refractivity contribution is 6.42. The van der Waals surface area contributed by atoms with Crippen LogP contribution in [-0.2, 0) is 23.8 Å². The topological polar surface area (TPSA) is 88.8 Å². The molecule has 0 saturated heterocycles. The summed E-state index contributed by atoms with van der Waals surface area (Å²) in [5.74, 6) is -1.36. The number of nitrogens with zero attached hydrogens (tertiary/aromatic N) is 1. The van der Waals surface area contributed by atoms with E-state index in [1.807, 2.05) is 0 Å². The van der Waals surface area contributed by atoms with Gasteiger partial charge in [-0.05, 0) is 17.7 Å². The first-order valence-corrected chi connectivity index (χ1v) is 7.25. The quantitative estimate of drug-likeness (QED) is 0.855. The van der Waals surface area contributed by atoms with Crippen molar-refractivity contribution in [2.24, 2.45) is 5.73 Å². The first kappa shape index (κ1) is 18.3. The summed E-state index contributed by atoms with van der Waals surface area (Å²) in [4.78, 5) is 28.4. The van der Waals surface area contributed by atoms with Crippen molar-refractivity contribution >= 4 is 29.1 Å². The van der Waals surface area contributed by atoms with Gasteiger partial charge in [-0.25, -0.2) is 4.98 Å². The third-order valence-electron chi connectivity index (χ3n) is 3.04. The van der Waals surface area contributed by atoms with Crippen LogP contribution in [0.25, 0.3) is 0 Å². The van der Waals surface area contributed by atoms with Crippen LogP contribution in [0.5, 0.6) is 0 Å². The van der Waals surface area contributed by atoms with Gasteiger partial charge in [0.2, 0.25) is 5.91 Å². The smallest absolute Gasteiger partial charge is 0.369 e. The maximum Gasteiger partial charge on any atom is 0.433 e. The van der Waals surface area contributed by atoms with Crippen molar-refractivity contribution in [2.45, 2.75) is 19.0 Å². The fraction of sp³-hybridized carbons (Fsp3) is 0.214. The van der Waals surface area contributed by atoms with Crippen LogP contribution in [0.3, 0.4) is 0 Å². The van der Waals surface area contributed by atoms with Crippen LogP contribution in [0.15, 0.2) is 23.0 Å². The number of benzene rings is 1. The van der Waals surface area contributed by atoms with Gasteiger partial charge in [0.1, 0.15) is 5.82 Å². The van der Waals surface area contributed by atoms with Gasteiger partial charge in [-0.1, -0.05) is 29.3 Å². The number of primary amides is 1. The molecule has 1 heterocycles. The number of H-pyrrole nitrogens is 1. The summed E-state index contributed by atoms with van der Waals surface area (Å²) < 4.78 is 39.6. The zero-order valence-corrected chi connectivity index (χ0v) is 13.4. The zero-order valence-electron chi connectivity index (χ0n) is 11.9. The number of hydrogen-bond donors (Lipinski definition) is 2. The Balaban J connectivity index is 2.53. The molecule has 1 aromatic heterocycles. The summed E-state index contributed by atoms with van der Waals surface area (Å²) in [5, 5.41) is 0.387. The highest BCUT2D eigenvalue weighted by Gasteiger charge is 2.37. The largest absolute Gasteiger partial charge is 0.433 e. The van der Waals surface area contributed by atoms with Crippen molar-refractivity contribution in [3.63, 3.8) is 0 Å². The Bertz CT molecular complexity index is 850. The van der Waals surface area contributed by atoms with Crippen molar-refractivity contribution in [3.8, 4) is 0 Å². The molecule has 0 bridgehead atoms. The fourth-order valence-electron chi connectivity index (χ4n) is 2.05. The van der Waals surface area contributed by atoms with E-state index in [9.17, 15) is 22.8 Å². The molecule has 10 heteroatoms. The lowest BCUT2D eigenvalue weighted by Crippen LogP contribution is -2.27. The molecule has 0 aliphatic carbocycles. The number of nitrogens with two attached hydrogens (primary N) is 1. The summed E-state index contributed by atoms with van der Waals surface area (Å²) >= 11 is 11.6. The average Bonchev–Trinajstić information content (AvgIpc) is 2.43. The molecule has 0 aliphatic heterocycles. The van der Waals surface area contributed by atoms with E-state index < -0.39 is 41.1 Å². The Morgan fingerprint density at radius 1 is 1.25 bits per heavy atom. The molecule has 1 aromatic carbocycles. The molecule has 128 valence electrons. The maximum atomic E-state index is 13.2. The number of rotatable bonds is 4. The van der Waals surface area contributed by atoms with Crippen LogP contribution >= 0.6 is 23.2 Å². The molecular formula is C14H10Cl2F3N3O2. The molecule has 24 heavy (non-hydrogen) atoms. The highest BCUT2D eigenvalue weighted by atomic mass is 35.5. The average molecular weight is 380 g/mol. The van der Waals surface area contributed by atoms with Crippen LogP contribution in [-0.4, -0.2) is 15.9 Å². The molecule has 1 amide bonds. The Hall–Kier alpha value is -2.06. The molecule has 3 N–H and O–H groups in total. The number of hydrogen-bond acceptors (Lipinski definition) is 3. The molecule has 0 spiro atoms. The summed E-state index contributed by atoms with van der Waals surface area (Å²) in [6.07, 6.45) is -5.83. The Morgan fingerprint density at radius 3 is 2.46 bits per heavy atom. The Kier molecular flexibility index (Phi) is 5.19. The summed E-state index contributed by atoms with van der Waals surface area (Å²) in [6, 6.07) is 4.22. The first-order chi connectivity index (χ1) is 11.1. The molecular weight excluding hydrogens is 370 g/mol. The second-order valence-corrected chi connectivity index (χ2v) is 5.72. The number of amides is 1. The van der Waals surface area contributed by atoms with Crippen molar-refractivity contribution in [1.29, 1.82) is 0 Å². The molecule has 0 aliphatic rings. The van der Waals surface area contributed by atoms with Gasteiger partial charge in [-0.15, -0.1) is 0 Å². The lowest BCUT2D eigenvalue weighted by atomic mass is 10.0. The number of aromatic nitrogens is 2. The Morgan fingerprint density at radius 2 is 1.92 bits per heavy atom. The van der Waals surface area contributed by atoms with E-state index in [1.165, 1.54) is 18.2 Å². The number of aromatic amines is 1. The van der Waals surface area contributed by atoms with Crippen molar-refractivity contribution < 1.29 is 18.0 Å². The van der Waals surface area contributed by atoms with Gasteiger partial charge in [0.15, 0.2) is 5.69 Å². The number of nitrogens with one attached hydrogen (secondary N) is 1. The van der Waals surface area contributed by atoms with Crippen LogP contribution in [0, 0.1) is 0 Å². The normalized spacial score (nSPS) is 11.5. The van der Waals surface area contributed by atoms with Crippen molar-refractivity contribution in [2.75, 3.05) is 0 Å². The van der Waals surface area contributed by atoms with E-state index in [1.54, 1.807) is 0 Å². The SMILES string of the molecule is NC(=O)Cc1nc(C(F)(F)F)c(Cc2ccc(Cl)c(Cl)c2)c(=O)[nH]1. The van der Waals surface area contributed by atoms with Gasteiger partial charge in [0.25, 0.3) is 5.56 Å². The maximum absolute atomic E-state index is 13.2. The van der Waals surface area contributed by atoms with Crippen LogP contribution in [0.1, 0.15) is 22.6 Å². The fourth-order valence-corrected chi connectivity index (χ4v) is 2.37. The van der Waals surface area contributed by atoms with Gasteiger partial charge in [0, 0.05) is 6.42 Å². The number of halogens is 5. The van der Waals surface area contributed by atoms with E-state index >= 15 is 0 Å². The second kappa shape index (κ2) is 6.82. The van der Waals surface area contributed by atoms with E-state index in [4.69, 9.17) is 28.9 Å². The summed E-state index contributed by atoms with van der Waals surface area (Å²) in [6.45, 7) is 0. The molecule has 0 fully saturated rings. The molecule has 2 rings (SSSR count). The molecule has 0 radical (unpaired) electrons. The predicted octanol–water partition coefficient (Wildman–Crippen LogP) is 2.71. The minimum atomic E-state index is -4.87. The first-order valence-electron chi connectivity index (χ1n) is 6.49. The highest BCUT2D eigenvalue weighted by Crippen LogP contribution is 2.31. The van der Waals surface area contributed by atoms with Gasteiger partial charge in [0.05, 0.1) is 22.0 Å². The van der Waals surface area contributed by atoms with Gasteiger partial charge in [-0.3, -0.25) is 9.59 Å². The number of carbonyl (C=O) groups excluding carboxylic acids is 1. The standard InChI is InChI=1S/C14H10Cl2F3N3O2/c15-8-2-1-6(4-9(8)16)3-7-12(14(17,18)19)21-11(5-10(20)23)22-13(7)24/h1-2,4H,3,5H2,(H2,20,23)(H,21,22,24). The lowest BCUT2D eigenvalue weighted by molar-refractivity contribution is -0.142. The van der Waals surface area contributed by atoms with Crippen molar-refractivity contribution in [1.82, 2.24) is 9.97 Å². The third-order valence-corrected chi connectivity index (χ3v) is 3.78. The number of alkyl halides is 3. The molecule has 0 saturated carbocycles. The van der Waals surface area contributed by atoms with E-state index in [0.717, 1.165) is 0 Å². The van der Waals surface area contributed by atoms with Crippen LogP contribution < -0.4 is 11.3 Å². The van der Waals surface area contributed by atoms with Crippen molar-refractivity contribution in [3.05, 3.63) is 61.2 Å². The Labute approximate surface area is 143 Å². The molecule has 5 nitrogen and oxygen atoms in total. The van der Waals surface area contributed by atoms with E-state index in [2.05, 4.69) is 9.97 Å². The minimum absolute atomic E-state index is 0.150. The molecule has 0 unspecified atom stereocenters. The summed E-state index contributed by atoms with van der Waals surface area (Å²) in [7, 11) is 0. The predicted molar refractivity (Wildman–Crippen MR) is 82.0 cm³/mol. The van der Waals surface area contributed by atoms with E-state index in [-0.39, 0.29) is 16.5 Å². The minimum Gasteiger partial charge on any atom is -0.369 e. The number of carbonyl (C=O) groups is 1.